The van der Waals surface area contributed by atoms with Gasteiger partial charge in [0.25, 0.3) is 0 Å². The Labute approximate surface area is 125 Å². The fourth-order valence-corrected chi connectivity index (χ4v) is 5.31. The molecule has 0 aliphatic carbocycles. The summed E-state index contributed by atoms with van der Waals surface area (Å²) in [6.07, 6.45) is 3.30. The van der Waals surface area contributed by atoms with Gasteiger partial charge in [0.1, 0.15) is 0 Å². The number of hydrogen-bond acceptors (Lipinski definition) is 5. The van der Waals surface area contributed by atoms with Crippen molar-refractivity contribution in [1.29, 1.82) is 0 Å². The largest absolute Gasteiger partial charge is 0.347 e. The molecule has 0 saturated carbocycles. The van der Waals surface area contributed by atoms with E-state index in [4.69, 9.17) is 9.47 Å². The van der Waals surface area contributed by atoms with Gasteiger partial charge in [0.2, 0.25) is 5.91 Å². The summed E-state index contributed by atoms with van der Waals surface area (Å²) < 4.78 is 34.6. The van der Waals surface area contributed by atoms with Crippen molar-refractivity contribution in [3.05, 3.63) is 0 Å². The third kappa shape index (κ3) is 3.57. The van der Waals surface area contributed by atoms with Gasteiger partial charge in [-0.25, -0.2) is 8.42 Å². The summed E-state index contributed by atoms with van der Waals surface area (Å²) in [5, 5.41) is 0. The molecule has 3 saturated heterocycles. The van der Waals surface area contributed by atoms with Crippen LogP contribution in [0.4, 0.5) is 0 Å². The quantitative estimate of drug-likeness (QED) is 0.744. The van der Waals surface area contributed by atoms with Crippen LogP contribution in [0.5, 0.6) is 0 Å². The highest BCUT2D eigenvalue weighted by molar-refractivity contribution is 7.91. The maximum absolute atomic E-state index is 12.3. The van der Waals surface area contributed by atoms with Gasteiger partial charge in [0.15, 0.2) is 15.6 Å². The fourth-order valence-electron chi connectivity index (χ4n) is 3.54. The van der Waals surface area contributed by atoms with Gasteiger partial charge in [-0.1, -0.05) is 0 Å². The van der Waals surface area contributed by atoms with Crippen molar-refractivity contribution in [3.8, 4) is 0 Å². The van der Waals surface area contributed by atoms with Crippen molar-refractivity contribution in [2.24, 2.45) is 5.92 Å². The predicted octanol–water partition coefficient (Wildman–Crippen LogP) is 0.567. The van der Waals surface area contributed by atoms with Crippen LogP contribution in [0.25, 0.3) is 0 Å². The molecule has 3 rings (SSSR count). The number of carbonyl (C=O) groups is 1. The molecular weight excluding hydrogens is 294 g/mol. The van der Waals surface area contributed by atoms with E-state index in [9.17, 15) is 13.2 Å². The van der Waals surface area contributed by atoms with Crippen molar-refractivity contribution in [3.63, 3.8) is 0 Å². The van der Waals surface area contributed by atoms with E-state index >= 15 is 0 Å². The Bertz CT molecular complexity index is 487. The molecule has 0 aromatic carbocycles. The van der Waals surface area contributed by atoms with Crippen LogP contribution in [-0.4, -0.2) is 62.8 Å². The minimum atomic E-state index is -2.94. The molecule has 0 N–H and O–H groups in total. The first kappa shape index (κ1) is 15.2. The van der Waals surface area contributed by atoms with E-state index in [2.05, 4.69) is 0 Å². The number of likely N-dealkylation sites (tertiary alicyclic amines) is 1. The molecule has 0 aromatic rings. The van der Waals surface area contributed by atoms with Gasteiger partial charge in [-0.2, -0.15) is 0 Å². The van der Waals surface area contributed by atoms with Gasteiger partial charge < -0.3 is 14.4 Å². The van der Waals surface area contributed by atoms with Gasteiger partial charge in [-0.05, 0) is 18.8 Å². The van der Waals surface area contributed by atoms with Crippen LogP contribution in [0.3, 0.4) is 0 Å². The van der Waals surface area contributed by atoms with Gasteiger partial charge in [0.05, 0.1) is 24.7 Å². The zero-order valence-corrected chi connectivity index (χ0v) is 13.1. The molecule has 0 bridgehead atoms. The van der Waals surface area contributed by atoms with E-state index in [0.29, 0.717) is 52.0 Å². The lowest BCUT2D eigenvalue weighted by Crippen LogP contribution is -2.47. The predicted molar refractivity (Wildman–Crippen MR) is 76.4 cm³/mol. The summed E-state index contributed by atoms with van der Waals surface area (Å²) >= 11 is 0. The van der Waals surface area contributed by atoms with Gasteiger partial charge in [-0.15, -0.1) is 0 Å². The molecular formula is C14H23NO5S. The van der Waals surface area contributed by atoms with Crippen LogP contribution >= 0.6 is 0 Å². The molecule has 3 heterocycles. The van der Waals surface area contributed by atoms with E-state index in [0.717, 1.165) is 6.42 Å². The summed E-state index contributed by atoms with van der Waals surface area (Å²) in [6.45, 7) is 2.54. The maximum Gasteiger partial charge on any atom is 0.222 e. The Balaban J connectivity index is 1.50. The molecule has 3 fully saturated rings. The molecule has 0 aromatic heterocycles. The fraction of sp³-hybridized carbons (Fsp3) is 0.929. The molecule has 3 aliphatic heterocycles. The Morgan fingerprint density at radius 2 is 1.86 bits per heavy atom. The smallest absolute Gasteiger partial charge is 0.222 e. The Kier molecular flexibility index (Phi) is 4.25. The zero-order valence-electron chi connectivity index (χ0n) is 12.3. The first-order valence-electron chi connectivity index (χ1n) is 7.74. The van der Waals surface area contributed by atoms with E-state index in [-0.39, 0.29) is 23.3 Å². The van der Waals surface area contributed by atoms with Crippen LogP contribution < -0.4 is 0 Å². The normalized spacial score (nSPS) is 31.4. The highest BCUT2D eigenvalue weighted by Crippen LogP contribution is 2.32. The molecule has 3 aliphatic rings. The van der Waals surface area contributed by atoms with Crippen LogP contribution in [0, 0.1) is 5.92 Å². The van der Waals surface area contributed by atoms with Crippen molar-refractivity contribution < 1.29 is 22.7 Å². The van der Waals surface area contributed by atoms with E-state index in [1.807, 2.05) is 4.90 Å². The second kappa shape index (κ2) is 5.85. The van der Waals surface area contributed by atoms with Gasteiger partial charge in [-0.3, -0.25) is 4.79 Å². The molecule has 1 spiro atoms. The van der Waals surface area contributed by atoms with Gasteiger partial charge >= 0.3 is 0 Å². The molecule has 6 nitrogen and oxygen atoms in total. The first-order chi connectivity index (χ1) is 9.98. The van der Waals surface area contributed by atoms with Crippen LogP contribution in [0.15, 0.2) is 0 Å². The third-order valence-electron chi connectivity index (χ3n) is 4.71. The van der Waals surface area contributed by atoms with Crippen LogP contribution in [0.2, 0.25) is 0 Å². The second-order valence-corrected chi connectivity index (χ2v) is 8.54. The summed E-state index contributed by atoms with van der Waals surface area (Å²) in [7, 11) is -2.94. The molecule has 1 unspecified atom stereocenters. The summed E-state index contributed by atoms with van der Waals surface area (Å²) in [4.78, 5) is 14.2. The van der Waals surface area contributed by atoms with Crippen molar-refractivity contribution in [2.75, 3.05) is 37.8 Å². The summed E-state index contributed by atoms with van der Waals surface area (Å²) in [5.41, 5.74) is 0. The number of piperidine rings is 1. The highest BCUT2D eigenvalue weighted by atomic mass is 32.2. The molecule has 1 atom stereocenters. The van der Waals surface area contributed by atoms with E-state index in [1.165, 1.54) is 0 Å². The number of carbonyl (C=O) groups excluding carboxylic acids is 1. The van der Waals surface area contributed by atoms with Crippen LogP contribution in [-0.2, 0) is 24.1 Å². The van der Waals surface area contributed by atoms with Gasteiger partial charge in [0, 0.05) is 32.4 Å². The number of amides is 1. The lowest BCUT2D eigenvalue weighted by molar-refractivity contribution is -0.187. The Morgan fingerprint density at radius 1 is 1.19 bits per heavy atom. The molecule has 21 heavy (non-hydrogen) atoms. The number of ether oxygens (including phenoxy) is 2. The summed E-state index contributed by atoms with van der Waals surface area (Å²) in [6, 6.07) is 0. The third-order valence-corrected chi connectivity index (χ3v) is 6.60. The maximum atomic E-state index is 12.3. The SMILES string of the molecule is O=C(CC1CCCS(=O)(=O)C1)N1CCC2(CC1)OCCO2. The molecule has 1 amide bonds. The van der Waals surface area contributed by atoms with E-state index < -0.39 is 15.6 Å². The lowest BCUT2D eigenvalue weighted by Gasteiger charge is -2.38. The number of rotatable bonds is 2. The molecule has 0 radical (unpaired) electrons. The minimum absolute atomic E-state index is 0.00822. The van der Waals surface area contributed by atoms with E-state index in [1.54, 1.807) is 0 Å². The Morgan fingerprint density at radius 3 is 2.48 bits per heavy atom. The minimum Gasteiger partial charge on any atom is -0.347 e. The average Bonchev–Trinajstić information content (AvgIpc) is 2.86. The average molecular weight is 317 g/mol. The first-order valence-corrected chi connectivity index (χ1v) is 9.56. The number of nitrogens with zero attached hydrogens (tertiary/aromatic N) is 1. The Hall–Kier alpha value is -0.660. The second-order valence-electron chi connectivity index (χ2n) is 6.32. The van der Waals surface area contributed by atoms with Crippen molar-refractivity contribution >= 4 is 15.7 Å². The molecule has 120 valence electrons. The standard InChI is InChI=1S/C14H23NO5S/c16-13(10-12-2-1-9-21(17,18)11-12)15-5-3-14(4-6-15)19-7-8-20-14/h12H,1-11H2. The monoisotopic (exact) mass is 317 g/mol. The highest BCUT2D eigenvalue weighted by Gasteiger charge is 2.41. The topological polar surface area (TPSA) is 72.9 Å². The number of hydrogen-bond donors (Lipinski definition) is 0. The lowest BCUT2D eigenvalue weighted by atomic mass is 9.98. The van der Waals surface area contributed by atoms with Crippen LogP contribution in [0.1, 0.15) is 32.1 Å². The zero-order chi connectivity index (χ0) is 14.9. The molecule has 7 heteroatoms. The van der Waals surface area contributed by atoms with Crippen molar-refractivity contribution in [2.45, 2.75) is 37.9 Å². The summed E-state index contributed by atoms with van der Waals surface area (Å²) in [5.74, 6) is 0.0443. The number of sulfone groups is 1. The van der Waals surface area contributed by atoms with Crippen molar-refractivity contribution in [1.82, 2.24) is 4.90 Å².